The van der Waals surface area contributed by atoms with Gasteiger partial charge in [0.05, 0.1) is 0 Å². The Morgan fingerprint density at radius 1 is 0.812 bits per heavy atom. The Labute approximate surface area is 102 Å². The van der Waals surface area contributed by atoms with Crippen molar-refractivity contribution in [2.24, 2.45) is 0 Å². The molecule has 0 radical (unpaired) electrons. The number of aliphatic hydroxyl groups is 1. The lowest BCUT2D eigenvalue weighted by Gasteiger charge is -2.03. The van der Waals surface area contributed by atoms with Crippen molar-refractivity contribution in [3.8, 4) is 0 Å². The van der Waals surface area contributed by atoms with E-state index in [1.54, 1.807) is 0 Å². The van der Waals surface area contributed by atoms with Crippen molar-refractivity contribution in [3.63, 3.8) is 0 Å². The fraction of sp³-hybridized carbons (Fsp3) is 0.857. The van der Waals surface area contributed by atoms with Crippen molar-refractivity contribution in [3.05, 3.63) is 13.2 Å². The van der Waals surface area contributed by atoms with E-state index in [2.05, 4.69) is 25.4 Å². The third-order valence-corrected chi connectivity index (χ3v) is 2.47. The molecule has 0 aromatic carbocycles. The maximum absolute atomic E-state index is 8.56. The second-order valence-corrected chi connectivity index (χ2v) is 3.95. The van der Waals surface area contributed by atoms with Crippen LogP contribution >= 0.6 is 0 Å². The Kier molecular flexibility index (Phi) is 22.7. The molecule has 0 amide bonds. The molecule has 0 fully saturated rings. The SMILES string of the molecule is C=C.CCCCCCCCNCCCCO. The highest BCUT2D eigenvalue weighted by molar-refractivity contribution is 4.50. The zero-order valence-corrected chi connectivity index (χ0v) is 11.1. The van der Waals surface area contributed by atoms with Gasteiger partial charge in [0.15, 0.2) is 0 Å². The van der Waals surface area contributed by atoms with Crippen molar-refractivity contribution in [1.82, 2.24) is 5.32 Å². The summed E-state index contributed by atoms with van der Waals surface area (Å²) < 4.78 is 0. The maximum Gasteiger partial charge on any atom is 0.0431 e. The van der Waals surface area contributed by atoms with E-state index < -0.39 is 0 Å². The minimum Gasteiger partial charge on any atom is -0.396 e. The van der Waals surface area contributed by atoms with Crippen LogP contribution in [0.1, 0.15) is 58.3 Å². The first-order chi connectivity index (χ1) is 7.91. The molecule has 0 rings (SSSR count). The first-order valence-corrected chi connectivity index (χ1v) is 6.73. The summed E-state index contributed by atoms with van der Waals surface area (Å²) in [5.74, 6) is 0. The van der Waals surface area contributed by atoms with Crippen LogP contribution in [0.5, 0.6) is 0 Å². The summed E-state index contributed by atoms with van der Waals surface area (Å²) in [6.45, 7) is 10.8. The minimum atomic E-state index is 0.332. The molecule has 0 aromatic heterocycles. The largest absolute Gasteiger partial charge is 0.396 e. The van der Waals surface area contributed by atoms with E-state index >= 15 is 0 Å². The first-order valence-electron chi connectivity index (χ1n) is 6.73. The highest BCUT2D eigenvalue weighted by Gasteiger charge is 1.90. The quantitative estimate of drug-likeness (QED) is 0.420. The van der Waals surface area contributed by atoms with Crippen LogP contribution in [0.2, 0.25) is 0 Å². The van der Waals surface area contributed by atoms with Crippen LogP contribution in [0, 0.1) is 0 Å². The Morgan fingerprint density at radius 3 is 1.88 bits per heavy atom. The fourth-order valence-electron chi connectivity index (χ4n) is 1.52. The molecule has 0 aliphatic carbocycles. The third-order valence-electron chi connectivity index (χ3n) is 2.47. The molecule has 0 aliphatic rings. The molecule has 0 atom stereocenters. The predicted molar refractivity (Wildman–Crippen MR) is 73.8 cm³/mol. The first kappa shape index (κ1) is 18.0. The van der Waals surface area contributed by atoms with Crippen molar-refractivity contribution in [2.75, 3.05) is 19.7 Å². The van der Waals surface area contributed by atoms with Crippen molar-refractivity contribution in [2.45, 2.75) is 58.3 Å². The molecular weight excluding hydrogens is 198 g/mol. The summed E-state index contributed by atoms with van der Waals surface area (Å²) in [7, 11) is 0. The number of hydrogen-bond acceptors (Lipinski definition) is 2. The average Bonchev–Trinajstić information content (AvgIpc) is 2.34. The van der Waals surface area contributed by atoms with Crippen molar-refractivity contribution < 1.29 is 5.11 Å². The van der Waals surface area contributed by atoms with Gasteiger partial charge in [0.1, 0.15) is 0 Å². The molecule has 16 heavy (non-hydrogen) atoms. The van der Waals surface area contributed by atoms with Gasteiger partial charge in [-0.2, -0.15) is 0 Å². The lowest BCUT2D eigenvalue weighted by Crippen LogP contribution is -2.16. The zero-order chi connectivity index (χ0) is 12.5. The molecule has 0 saturated heterocycles. The summed E-state index contributed by atoms with van der Waals surface area (Å²) >= 11 is 0. The lowest BCUT2D eigenvalue weighted by molar-refractivity contribution is 0.283. The molecule has 0 spiro atoms. The van der Waals surface area contributed by atoms with Gasteiger partial charge in [-0.15, -0.1) is 13.2 Å². The summed E-state index contributed by atoms with van der Waals surface area (Å²) in [6.07, 6.45) is 10.2. The summed E-state index contributed by atoms with van der Waals surface area (Å²) in [4.78, 5) is 0. The van der Waals surface area contributed by atoms with Gasteiger partial charge in [-0.25, -0.2) is 0 Å². The second kappa shape index (κ2) is 20.1. The van der Waals surface area contributed by atoms with E-state index in [-0.39, 0.29) is 0 Å². The van der Waals surface area contributed by atoms with E-state index in [1.807, 2.05) is 0 Å². The van der Waals surface area contributed by atoms with Crippen LogP contribution in [0.15, 0.2) is 13.2 Å². The van der Waals surface area contributed by atoms with Crippen LogP contribution in [0.25, 0.3) is 0 Å². The highest BCUT2D eigenvalue weighted by atomic mass is 16.2. The van der Waals surface area contributed by atoms with E-state index in [4.69, 9.17) is 5.11 Å². The van der Waals surface area contributed by atoms with Crippen molar-refractivity contribution >= 4 is 0 Å². The molecule has 0 bridgehead atoms. The average molecular weight is 229 g/mol. The molecule has 2 heteroatoms. The van der Waals surface area contributed by atoms with E-state index in [9.17, 15) is 0 Å². The number of nitrogens with one attached hydrogen (secondary N) is 1. The summed E-state index contributed by atoms with van der Waals surface area (Å²) in [5.41, 5.74) is 0. The Bertz CT molecular complexity index is 94.9. The summed E-state index contributed by atoms with van der Waals surface area (Å²) in [6, 6.07) is 0. The number of hydrogen-bond donors (Lipinski definition) is 2. The number of unbranched alkanes of at least 4 members (excludes halogenated alkanes) is 6. The van der Waals surface area contributed by atoms with Gasteiger partial charge in [0.2, 0.25) is 0 Å². The van der Waals surface area contributed by atoms with Gasteiger partial charge >= 0.3 is 0 Å². The standard InChI is InChI=1S/C12H27NO.C2H4/c1-2-3-4-5-6-7-10-13-11-8-9-12-14;1-2/h13-14H,2-12H2,1H3;1-2H2. The lowest BCUT2D eigenvalue weighted by atomic mass is 10.1. The van der Waals surface area contributed by atoms with Gasteiger partial charge in [-0.3, -0.25) is 0 Å². The number of aliphatic hydroxyl groups excluding tert-OH is 1. The molecule has 98 valence electrons. The Morgan fingerprint density at radius 2 is 1.31 bits per heavy atom. The van der Waals surface area contributed by atoms with Crippen LogP contribution in [0.4, 0.5) is 0 Å². The number of rotatable bonds is 11. The topological polar surface area (TPSA) is 32.3 Å². The summed E-state index contributed by atoms with van der Waals surface area (Å²) in [5, 5.41) is 12.0. The van der Waals surface area contributed by atoms with E-state index in [1.165, 1.54) is 38.5 Å². The van der Waals surface area contributed by atoms with Crippen LogP contribution in [0.3, 0.4) is 0 Å². The normalized spacial score (nSPS) is 9.62. The molecular formula is C14H31NO. The van der Waals surface area contributed by atoms with Crippen molar-refractivity contribution in [1.29, 1.82) is 0 Å². The smallest absolute Gasteiger partial charge is 0.0431 e. The molecule has 0 heterocycles. The molecule has 0 aromatic rings. The van der Waals surface area contributed by atoms with Gasteiger partial charge in [-0.1, -0.05) is 39.0 Å². The molecule has 2 N–H and O–H groups in total. The molecule has 0 saturated carbocycles. The molecule has 0 unspecified atom stereocenters. The minimum absolute atomic E-state index is 0.332. The Balaban J connectivity index is 0. The van der Waals surface area contributed by atoms with E-state index in [0.717, 1.165) is 25.9 Å². The monoisotopic (exact) mass is 229 g/mol. The highest BCUT2D eigenvalue weighted by Crippen LogP contribution is 2.03. The Hall–Kier alpha value is -0.340. The van der Waals surface area contributed by atoms with Crippen LogP contribution < -0.4 is 5.32 Å². The van der Waals surface area contributed by atoms with Gasteiger partial charge in [-0.05, 0) is 32.4 Å². The fourth-order valence-corrected chi connectivity index (χ4v) is 1.52. The maximum atomic E-state index is 8.56. The third kappa shape index (κ3) is 19.3. The van der Waals surface area contributed by atoms with Gasteiger partial charge in [0.25, 0.3) is 0 Å². The molecule has 0 aliphatic heterocycles. The van der Waals surface area contributed by atoms with Crippen LogP contribution in [-0.2, 0) is 0 Å². The van der Waals surface area contributed by atoms with Gasteiger partial charge in [0, 0.05) is 6.61 Å². The second-order valence-electron chi connectivity index (χ2n) is 3.95. The molecule has 2 nitrogen and oxygen atoms in total. The van der Waals surface area contributed by atoms with Gasteiger partial charge < -0.3 is 10.4 Å². The van der Waals surface area contributed by atoms with E-state index in [0.29, 0.717) is 6.61 Å². The zero-order valence-electron chi connectivity index (χ0n) is 11.1. The van der Waals surface area contributed by atoms with Crippen LogP contribution in [-0.4, -0.2) is 24.8 Å². The predicted octanol–water partition coefficient (Wildman–Crippen LogP) is 3.51.